The van der Waals surface area contributed by atoms with Gasteiger partial charge in [0.2, 0.25) is 0 Å². The second-order valence-corrected chi connectivity index (χ2v) is 5.84. The number of ether oxygens (including phenoxy) is 1. The maximum absolute atomic E-state index is 10.6. The first-order valence-corrected chi connectivity index (χ1v) is 7.60. The number of aliphatic hydroxyl groups is 1. The third-order valence-electron chi connectivity index (χ3n) is 3.78. The Hall–Kier alpha value is -2.24. The third kappa shape index (κ3) is 3.41. The van der Waals surface area contributed by atoms with Gasteiger partial charge in [0.25, 0.3) is 0 Å². The quantitative estimate of drug-likeness (QED) is 0.803. The van der Waals surface area contributed by atoms with Crippen LogP contribution in [0.15, 0.2) is 36.4 Å². The summed E-state index contributed by atoms with van der Waals surface area (Å²) in [4.78, 5) is 10.6. The van der Waals surface area contributed by atoms with Crippen molar-refractivity contribution in [1.29, 1.82) is 0 Å². The van der Waals surface area contributed by atoms with Gasteiger partial charge in [-0.05, 0) is 34.9 Å². The second-order valence-electron chi connectivity index (χ2n) is 5.43. The molecule has 0 radical (unpaired) electrons. The highest BCUT2D eigenvalue weighted by molar-refractivity contribution is 6.32. The molecule has 1 unspecified atom stereocenters. The monoisotopic (exact) mass is 333 g/mol. The molecule has 5 nitrogen and oxygen atoms in total. The van der Waals surface area contributed by atoms with E-state index in [1.54, 1.807) is 0 Å². The predicted molar refractivity (Wildman–Crippen MR) is 87.0 cm³/mol. The van der Waals surface area contributed by atoms with Gasteiger partial charge in [0, 0.05) is 12.0 Å². The molecule has 1 atom stereocenters. The van der Waals surface area contributed by atoms with E-state index in [2.05, 4.69) is 5.32 Å². The first-order valence-electron chi connectivity index (χ1n) is 7.23. The van der Waals surface area contributed by atoms with E-state index in [-0.39, 0.29) is 19.3 Å². The fourth-order valence-corrected chi connectivity index (χ4v) is 3.00. The molecule has 0 aromatic heterocycles. The van der Waals surface area contributed by atoms with Gasteiger partial charge in [0.05, 0.1) is 18.2 Å². The van der Waals surface area contributed by atoms with Crippen LogP contribution in [0.1, 0.15) is 11.1 Å². The lowest BCUT2D eigenvalue weighted by atomic mass is 9.99. The molecule has 0 bridgehead atoms. The molecule has 23 heavy (non-hydrogen) atoms. The number of carboxylic acid groups (broad SMARTS) is 1. The highest BCUT2D eigenvalue weighted by atomic mass is 35.5. The average molecular weight is 334 g/mol. The molecule has 0 spiro atoms. The zero-order valence-electron chi connectivity index (χ0n) is 12.3. The van der Waals surface area contributed by atoms with Crippen LogP contribution in [0.2, 0.25) is 5.02 Å². The summed E-state index contributed by atoms with van der Waals surface area (Å²) in [6.45, 7) is 0.203. The number of fused-ring (bicyclic) bond motifs is 1. The normalized spacial score (nSPS) is 15.8. The van der Waals surface area contributed by atoms with Crippen molar-refractivity contribution < 1.29 is 19.7 Å². The predicted octanol–water partition coefficient (Wildman–Crippen LogP) is 3.07. The van der Waals surface area contributed by atoms with E-state index in [4.69, 9.17) is 21.4 Å². The SMILES string of the molecule is O=C(O)NCC1Cc2cc(-c3cccc(CO)c3)cc(Cl)c2O1. The lowest BCUT2D eigenvalue weighted by Crippen LogP contribution is -2.33. The van der Waals surface area contributed by atoms with Crippen molar-refractivity contribution in [2.75, 3.05) is 6.54 Å². The van der Waals surface area contributed by atoms with E-state index in [1.165, 1.54) is 0 Å². The van der Waals surface area contributed by atoms with Crippen molar-refractivity contribution in [2.24, 2.45) is 0 Å². The minimum absolute atomic E-state index is 0.0153. The van der Waals surface area contributed by atoms with Crippen molar-refractivity contribution in [3.05, 3.63) is 52.5 Å². The molecule has 0 aliphatic carbocycles. The Labute approximate surface area is 138 Å². The van der Waals surface area contributed by atoms with Crippen LogP contribution in [0, 0.1) is 0 Å². The number of rotatable bonds is 4. The first-order chi connectivity index (χ1) is 11.1. The van der Waals surface area contributed by atoms with Gasteiger partial charge in [-0.3, -0.25) is 0 Å². The Balaban J connectivity index is 1.86. The molecular formula is C17H16ClNO4. The van der Waals surface area contributed by atoms with E-state index in [9.17, 15) is 9.90 Å². The number of nitrogens with one attached hydrogen (secondary N) is 1. The molecule has 3 rings (SSSR count). The second kappa shape index (κ2) is 6.48. The van der Waals surface area contributed by atoms with Crippen LogP contribution in [-0.2, 0) is 13.0 Å². The average Bonchev–Trinajstić information content (AvgIpc) is 2.96. The van der Waals surface area contributed by atoms with Crippen LogP contribution < -0.4 is 10.1 Å². The van der Waals surface area contributed by atoms with Gasteiger partial charge in [0.1, 0.15) is 11.9 Å². The summed E-state index contributed by atoms with van der Waals surface area (Å²) in [5.74, 6) is 0.617. The summed E-state index contributed by atoms with van der Waals surface area (Å²) in [6.07, 6.45) is -0.724. The lowest BCUT2D eigenvalue weighted by Gasteiger charge is -2.10. The number of halogens is 1. The fourth-order valence-electron chi connectivity index (χ4n) is 2.72. The number of hydrogen-bond acceptors (Lipinski definition) is 3. The van der Waals surface area contributed by atoms with E-state index >= 15 is 0 Å². The molecule has 1 aliphatic rings. The van der Waals surface area contributed by atoms with E-state index in [1.807, 2.05) is 36.4 Å². The van der Waals surface area contributed by atoms with Gasteiger partial charge in [-0.1, -0.05) is 29.8 Å². The smallest absolute Gasteiger partial charge is 0.404 e. The van der Waals surface area contributed by atoms with Crippen LogP contribution in [0.5, 0.6) is 5.75 Å². The standard InChI is InChI=1S/C17H16ClNO4/c18-15-7-12(11-3-1-2-10(4-11)9-20)5-13-6-14(23-16(13)15)8-19-17(21)22/h1-5,7,14,19-20H,6,8-9H2,(H,21,22). The fraction of sp³-hybridized carbons (Fsp3) is 0.235. The zero-order chi connectivity index (χ0) is 16.4. The highest BCUT2D eigenvalue weighted by Crippen LogP contribution is 2.39. The van der Waals surface area contributed by atoms with Crippen LogP contribution >= 0.6 is 11.6 Å². The lowest BCUT2D eigenvalue weighted by molar-refractivity contribution is 0.181. The molecule has 2 aromatic rings. The topological polar surface area (TPSA) is 78.8 Å². The molecule has 0 saturated heterocycles. The minimum atomic E-state index is -1.07. The maximum Gasteiger partial charge on any atom is 0.404 e. The Morgan fingerprint density at radius 3 is 2.87 bits per heavy atom. The van der Waals surface area contributed by atoms with Crippen LogP contribution in [-0.4, -0.2) is 29.0 Å². The first kappa shape index (κ1) is 15.6. The molecule has 120 valence electrons. The summed E-state index contributed by atoms with van der Waals surface area (Å²) >= 11 is 6.32. The van der Waals surface area contributed by atoms with Crippen molar-refractivity contribution in [1.82, 2.24) is 5.32 Å². The highest BCUT2D eigenvalue weighted by Gasteiger charge is 2.26. The minimum Gasteiger partial charge on any atom is -0.486 e. The summed E-state index contributed by atoms with van der Waals surface area (Å²) in [7, 11) is 0. The van der Waals surface area contributed by atoms with Crippen molar-refractivity contribution in [3.8, 4) is 16.9 Å². The molecule has 1 heterocycles. The Morgan fingerprint density at radius 2 is 2.13 bits per heavy atom. The molecule has 0 fully saturated rings. The van der Waals surface area contributed by atoms with Gasteiger partial charge in [-0.25, -0.2) is 4.79 Å². The van der Waals surface area contributed by atoms with Crippen LogP contribution in [0.25, 0.3) is 11.1 Å². The van der Waals surface area contributed by atoms with Gasteiger partial charge in [-0.15, -0.1) is 0 Å². The van der Waals surface area contributed by atoms with Gasteiger partial charge in [-0.2, -0.15) is 0 Å². The molecular weight excluding hydrogens is 318 g/mol. The molecule has 0 saturated carbocycles. The maximum atomic E-state index is 10.6. The number of benzene rings is 2. The number of amides is 1. The molecule has 6 heteroatoms. The largest absolute Gasteiger partial charge is 0.486 e. The Bertz CT molecular complexity index is 747. The van der Waals surface area contributed by atoms with Crippen LogP contribution in [0.4, 0.5) is 4.79 Å². The van der Waals surface area contributed by atoms with Crippen LogP contribution in [0.3, 0.4) is 0 Å². The number of carbonyl (C=O) groups is 1. The zero-order valence-corrected chi connectivity index (χ0v) is 13.0. The summed E-state index contributed by atoms with van der Waals surface area (Å²) in [5.41, 5.74) is 3.70. The summed E-state index contributed by atoms with van der Waals surface area (Å²) in [5, 5.41) is 20.8. The van der Waals surface area contributed by atoms with E-state index in [0.717, 1.165) is 22.3 Å². The van der Waals surface area contributed by atoms with E-state index < -0.39 is 6.09 Å². The van der Waals surface area contributed by atoms with Crippen molar-refractivity contribution in [3.63, 3.8) is 0 Å². The summed E-state index contributed by atoms with van der Waals surface area (Å²) < 4.78 is 5.73. The Morgan fingerprint density at radius 1 is 1.30 bits per heavy atom. The molecule has 1 amide bonds. The van der Waals surface area contributed by atoms with Gasteiger partial charge in [0.15, 0.2) is 0 Å². The van der Waals surface area contributed by atoms with Crippen molar-refractivity contribution >= 4 is 17.7 Å². The van der Waals surface area contributed by atoms with Gasteiger partial charge < -0.3 is 20.3 Å². The number of hydrogen-bond donors (Lipinski definition) is 3. The molecule has 1 aliphatic heterocycles. The molecule has 2 aromatic carbocycles. The Kier molecular flexibility index (Phi) is 4.41. The molecule has 3 N–H and O–H groups in total. The summed E-state index contributed by atoms with van der Waals surface area (Å²) in [6, 6.07) is 11.4. The van der Waals surface area contributed by atoms with Crippen molar-refractivity contribution in [2.45, 2.75) is 19.1 Å². The van der Waals surface area contributed by atoms with E-state index in [0.29, 0.717) is 17.2 Å². The third-order valence-corrected chi connectivity index (χ3v) is 4.06. The number of aliphatic hydroxyl groups excluding tert-OH is 1. The van der Waals surface area contributed by atoms with Gasteiger partial charge >= 0.3 is 6.09 Å².